The zero-order valence-corrected chi connectivity index (χ0v) is 14.7. The van der Waals surface area contributed by atoms with Gasteiger partial charge >= 0.3 is 0 Å². The Kier molecular flexibility index (Phi) is 5.44. The summed E-state index contributed by atoms with van der Waals surface area (Å²) >= 11 is 0. The summed E-state index contributed by atoms with van der Waals surface area (Å²) < 4.78 is 0. The van der Waals surface area contributed by atoms with Crippen molar-refractivity contribution in [2.24, 2.45) is 5.92 Å². The monoisotopic (exact) mass is 272 g/mol. The van der Waals surface area contributed by atoms with Crippen LogP contribution in [0.3, 0.4) is 0 Å². The number of nitrogens with one attached hydrogen (secondary N) is 2. The molecule has 1 fully saturated rings. The maximum atomic E-state index is 3.94. The average Bonchev–Trinajstić information content (AvgIpc) is 2.14. The van der Waals surface area contributed by atoms with Crippen LogP contribution in [0.5, 0.6) is 0 Å². The van der Waals surface area contributed by atoms with E-state index in [1.807, 2.05) is 0 Å². The normalized spacial score (nSPS) is 19.9. The van der Waals surface area contributed by atoms with Gasteiger partial charge in [0.15, 0.2) is 0 Å². The molecule has 2 nitrogen and oxygen atoms in total. The van der Waals surface area contributed by atoms with E-state index in [2.05, 4.69) is 49.2 Å². The van der Waals surface area contributed by atoms with Gasteiger partial charge in [0.2, 0.25) is 0 Å². The molecule has 0 atom stereocenters. The van der Waals surface area contributed by atoms with Crippen LogP contribution in [0.1, 0.15) is 32.1 Å². The van der Waals surface area contributed by atoms with Crippen LogP contribution in [-0.2, 0) is 0 Å². The van der Waals surface area contributed by atoms with Gasteiger partial charge in [0, 0.05) is 6.17 Å². The first kappa shape index (κ1) is 15.4. The third kappa shape index (κ3) is 6.74. The standard InChI is InChI=1S/C13H32N2Si2/c1-16(2,3)14-13(15-17(4,5)6)12-10-8-7-9-11-12/h12-15H,7-11H2,1-6H3. The molecular formula is C13H32N2Si2. The maximum Gasteiger partial charge on any atom is 0.117 e. The molecule has 1 aliphatic carbocycles. The lowest BCUT2D eigenvalue weighted by Gasteiger charge is -2.39. The van der Waals surface area contributed by atoms with Crippen LogP contribution < -0.4 is 9.96 Å². The molecule has 1 rings (SSSR count). The van der Waals surface area contributed by atoms with Crippen molar-refractivity contribution in [2.45, 2.75) is 77.6 Å². The summed E-state index contributed by atoms with van der Waals surface area (Å²) in [6.45, 7) is 14.5. The smallest absolute Gasteiger partial charge is 0.117 e. The summed E-state index contributed by atoms with van der Waals surface area (Å²) in [4.78, 5) is 7.89. The van der Waals surface area contributed by atoms with E-state index in [1.165, 1.54) is 32.1 Å². The number of hydrogen-bond donors (Lipinski definition) is 2. The lowest BCUT2D eigenvalue weighted by molar-refractivity contribution is 0.278. The fourth-order valence-corrected chi connectivity index (χ4v) is 5.30. The summed E-state index contributed by atoms with van der Waals surface area (Å²) in [5.74, 6) is 0.863. The summed E-state index contributed by atoms with van der Waals surface area (Å²) in [6, 6.07) is 0. The minimum atomic E-state index is -1.19. The van der Waals surface area contributed by atoms with Crippen LogP contribution in [-0.4, -0.2) is 22.6 Å². The molecule has 102 valence electrons. The van der Waals surface area contributed by atoms with Crippen molar-refractivity contribution in [3.8, 4) is 0 Å². The fraction of sp³-hybridized carbons (Fsp3) is 1.00. The molecule has 0 heterocycles. The fourth-order valence-electron chi connectivity index (χ4n) is 2.67. The molecule has 0 aromatic heterocycles. The minimum absolute atomic E-state index is 0.577. The van der Waals surface area contributed by atoms with Gasteiger partial charge in [-0.25, -0.2) is 0 Å². The summed E-state index contributed by atoms with van der Waals surface area (Å²) in [5.41, 5.74) is 0. The Morgan fingerprint density at radius 1 is 0.765 bits per heavy atom. The van der Waals surface area contributed by atoms with Gasteiger partial charge in [0.1, 0.15) is 16.5 Å². The Bertz CT molecular complexity index is 209. The molecule has 2 N–H and O–H groups in total. The first-order valence-electron chi connectivity index (χ1n) is 7.23. The van der Waals surface area contributed by atoms with Crippen molar-refractivity contribution in [3.05, 3.63) is 0 Å². The molecule has 4 heteroatoms. The largest absolute Gasteiger partial charge is 0.323 e. The Labute approximate surface area is 110 Å². The van der Waals surface area contributed by atoms with Crippen molar-refractivity contribution in [1.29, 1.82) is 0 Å². The van der Waals surface area contributed by atoms with E-state index in [1.54, 1.807) is 0 Å². The van der Waals surface area contributed by atoms with Crippen molar-refractivity contribution in [1.82, 2.24) is 9.96 Å². The van der Waals surface area contributed by atoms with Crippen molar-refractivity contribution < 1.29 is 0 Å². The molecule has 1 aliphatic rings. The lowest BCUT2D eigenvalue weighted by Crippen LogP contribution is -2.63. The quantitative estimate of drug-likeness (QED) is 0.588. The molecule has 17 heavy (non-hydrogen) atoms. The SMILES string of the molecule is C[Si](C)(C)NC(N[Si](C)(C)C)C1CCCCC1. The summed E-state index contributed by atoms with van der Waals surface area (Å²) in [7, 11) is -2.39. The molecule has 0 radical (unpaired) electrons. The highest BCUT2D eigenvalue weighted by Gasteiger charge is 2.30. The van der Waals surface area contributed by atoms with Gasteiger partial charge in [0.05, 0.1) is 0 Å². The highest BCUT2D eigenvalue weighted by Crippen LogP contribution is 2.26. The molecule has 0 amide bonds. The molecule has 1 saturated carbocycles. The Balaban J connectivity index is 2.63. The third-order valence-electron chi connectivity index (χ3n) is 3.30. The van der Waals surface area contributed by atoms with E-state index in [-0.39, 0.29) is 0 Å². The van der Waals surface area contributed by atoms with Gasteiger partial charge in [0.25, 0.3) is 0 Å². The highest BCUT2D eigenvalue weighted by molar-refractivity contribution is 6.75. The first-order valence-corrected chi connectivity index (χ1v) is 14.2. The van der Waals surface area contributed by atoms with E-state index in [0.717, 1.165) is 5.92 Å². The molecule has 0 aromatic carbocycles. The van der Waals surface area contributed by atoms with E-state index in [9.17, 15) is 0 Å². The second-order valence-electron chi connectivity index (χ2n) is 7.66. The molecule has 0 spiro atoms. The average molecular weight is 273 g/mol. The molecule has 0 aliphatic heterocycles. The van der Waals surface area contributed by atoms with Crippen LogP contribution in [0.15, 0.2) is 0 Å². The van der Waals surface area contributed by atoms with Gasteiger partial charge in [-0.3, -0.25) is 0 Å². The van der Waals surface area contributed by atoms with Crippen LogP contribution in [0.25, 0.3) is 0 Å². The zero-order valence-electron chi connectivity index (χ0n) is 12.7. The minimum Gasteiger partial charge on any atom is -0.323 e. The Hall–Kier alpha value is 0.354. The van der Waals surface area contributed by atoms with Crippen LogP contribution in [0.2, 0.25) is 39.3 Å². The van der Waals surface area contributed by atoms with E-state index in [0.29, 0.717) is 6.17 Å². The van der Waals surface area contributed by atoms with Gasteiger partial charge in [-0.05, 0) is 18.8 Å². The highest BCUT2D eigenvalue weighted by atomic mass is 28.3. The lowest BCUT2D eigenvalue weighted by atomic mass is 9.87. The van der Waals surface area contributed by atoms with Gasteiger partial charge < -0.3 is 9.96 Å². The van der Waals surface area contributed by atoms with Crippen LogP contribution >= 0.6 is 0 Å². The van der Waals surface area contributed by atoms with E-state index < -0.39 is 16.5 Å². The van der Waals surface area contributed by atoms with Gasteiger partial charge in [-0.1, -0.05) is 58.5 Å². The van der Waals surface area contributed by atoms with Crippen molar-refractivity contribution >= 4 is 16.5 Å². The summed E-state index contributed by atoms with van der Waals surface area (Å²) in [5, 5.41) is 0. The molecule has 0 aromatic rings. The van der Waals surface area contributed by atoms with E-state index in [4.69, 9.17) is 0 Å². The first-order chi connectivity index (χ1) is 7.67. The second-order valence-corrected chi connectivity index (χ2v) is 17.2. The van der Waals surface area contributed by atoms with Crippen molar-refractivity contribution in [3.63, 3.8) is 0 Å². The third-order valence-corrected chi connectivity index (χ3v) is 5.65. The maximum absolute atomic E-state index is 3.94. The van der Waals surface area contributed by atoms with Crippen LogP contribution in [0, 0.1) is 5.92 Å². The van der Waals surface area contributed by atoms with Gasteiger partial charge in [-0.15, -0.1) is 0 Å². The van der Waals surface area contributed by atoms with Crippen molar-refractivity contribution in [2.75, 3.05) is 0 Å². The number of hydrogen-bond acceptors (Lipinski definition) is 2. The van der Waals surface area contributed by atoms with E-state index >= 15 is 0 Å². The molecule has 0 unspecified atom stereocenters. The Morgan fingerprint density at radius 2 is 1.18 bits per heavy atom. The van der Waals surface area contributed by atoms with Gasteiger partial charge in [-0.2, -0.15) is 0 Å². The number of rotatable bonds is 5. The summed E-state index contributed by atoms with van der Waals surface area (Å²) in [6.07, 6.45) is 7.72. The second kappa shape index (κ2) is 6.00. The topological polar surface area (TPSA) is 24.1 Å². The predicted octanol–water partition coefficient (Wildman–Crippen LogP) is 3.74. The zero-order chi connectivity index (χ0) is 13.1. The molecule has 0 bridgehead atoms. The molecular weight excluding hydrogens is 240 g/mol. The Morgan fingerprint density at radius 3 is 1.53 bits per heavy atom. The van der Waals surface area contributed by atoms with Crippen LogP contribution in [0.4, 0.5) is 0 Å². The predicted molar refractivity (Wildman–Crippen MR) is 83.3 cm³/mol. The molecule has 0 saturated heterocycles.